The van der Waals surface area contributed by atoms with Gasteiger partial charge in [-0.3, -0.25) is 14.6 Å². The molecular formula is C12H15N3O3. The van der Waals surface area contributed by atoms with E-state index in [1.165, 1.54) is 0 Å². The summed E-state index contributed by atoms with van der Waals surface area (Å²) in [5, 5.41) is 5.04. The summed E-state index contributed by atoms with van der Waals surface area (Å²) in [6, 6.07) is 3.23. The minimum atomic E-state index is -0.681. The van der Waals surface area contributed by atoms with Crippen LogP contribution in [0.25, 0.3) is 0 Å². The van der Waals surface area contributed by atoms with Gasteiger partial charge in [0.15, 0.2) is 0 Å². The van der Waals surface area contributed by atoms with Crippen LogP contribution in [-0.2, 0) is 14.3 Å². The Hall–Kier alpha value is -1.95. The zero-order valence-corrected chi connectivity index (χ0v) is 9.89. The molecule has 1 atom stereocenters. The molecule has 2 N–H and O–H groups in total. The first-order valence-electron chi connectivity index (χ1n) is 5.86. The fraction of sp³-hybridized carbons (Fsp3) is 0.417. The lowest BCUT2D eigenvalue weighted by atomic mass is 10.2. The van der Waals surface area contributed by atoms with Crippen LogP contribution in [0.1, 0.15) is 12.8 Å². The van der Waals surface area contributed by atoms with Gasteiger partial charge in [0.05, 0.1) is 6.10 Å². The molecule has 6 nitrogen and oxygen atoms in total. The summed E-state index contributed by atoms with van der Waals surface area (Å²) < 4.78 is 5.35. The third kappa shape index (κ3) is 3.53. The summed E-state index contributed by atoms with van der Waals surface area (Å²) in [7, 11) is 0. The molecule has 1 fully saturated rings. The summed E-state index contributed by atoms with van der Waals surface area (Å²) in [5.41, 5.74) is 0.544. The van der Waals surface area contributed by atoms with E-state index in [0.29, 0.717) is 12.2 Å². The number of carbonyl (C=O) groups is 2. The molecule has 0 bridgehead atoms. The van der Waals surface area contributed by atoms with E-state index < -0.39 is 11.8 Å². The number of pyridine rings is 1. The molecule has 1 aliphatic heterocycles. The average Bonchev–Trinajstić information content (AvgIpc) is 2.90. The number of amides is 2. The summed E-state index contributed by atoms with van der Waals surface area (Å²) >= 11 is 0. The maximum Gasteiger partial charge on any atom is 0.313 e. The van der Waals surface area contributed by atoms with Gasteiger partial charge in [-0.25, -0.2) is 0 Å². The highest BCUT2D eigenvalue weighted by molar-refractivity contribution is 6.39. The van der Waals surface area contributed by atoms with Crippen molar-refractivity contribution in [2.75, 3.05) is 18.5 Å². The Morgan fingerprint density at radius 1 is 1.33 bits per heavy atom. The minimum Gasteiger partial charge on any atom is -0.376 e. The first kappa shape index (κ1) is 12.5. The maximum atomic E-state index is 11.5. The Kier molecular flexibility index (Phi) is 4.25. The van der Waals surface area contributed by atoms with E-state index in [2.05, 4.69) is 15.6 Å². The molecule has 0 aromatic carbocycles. The predicted octanol–water partition coefficient (Wildman–Crippen LogP) is 0.315. The highest BCUT2D eigenvalue weighted by Crippen LogP contribution is 2.10. The number of rotatable bonds is 3. The van der Waals surface area contributed by atoms with Crippen LogP contribution in [-0.4, -0.2) is 36.1 Å². The molecule has 2 amide bonds. The van der Waals surface area contributed by atoms with Gasteiger partial charge >= 0.3 is 11.8 Å². The lowest BCUT2D eigenvalue weighted by Gasteiger charge is -2.10. The van der Waals surface area contributed by atoms with Gasteiger partial charge in [0.1, 0.15) is 0 Å². The van der Waals surface area contributed by atoms with Crippen LogP contribution in [0, 0.1) is 0 Å². The van der Waals surface area contributed by atoms with E-state index in [1.807, 2.05) is 0 Å². The van der Waals surface area contributed by atoms with Gasteiger partial charge in [0, 0.05) is 31.2 Å². The molecule has 2 heterocycles. The second kappa shape index (κ2) is 6.11. The summed E-state index contributed by atoms with van der Waals surface area (Å²) in [6.07, 6.45) is 5.04. The van der Waals surface area contributed by atoms with Gasteiger partial charge in [-0.15, -0.1) is 0 Å². The third-order valence-electron chi connectivity index (χ3n) is 2.66. The molecular weight excluding hydrogens is 234 g/mol. The van der Waals surface area contributed by atoms with Crippen LogP contribution >= 0.6 is 0 Å². The van der Waals surface area contributed by atoms with Crippen molar-refractivity contribution >= 4 is 17.5 Å². The van der Waals surface area contributed by atoms with Crippen molar-refractivity contribution in [3.05, 3.63) is 24.5 Å². The quantitative estimate of drug-likeness (QED) is 0.756. The lowest BCUT2D eigenvalue weighted by Crippen LogP contribution is -2.39. The van der Waals surface area contributed by atoms with Crippen LogP contribution in [0.15, 0.2) is 24.5 Å². The SMILES string of the molecule is O=C(NC[C@H]1CCCO1)C(=O)Nc1ccncc1. The molecule has 6 heteroatoms. The molecule has 1 saturated heterocycles. The molecule has 2 rings (SSSR count). The molecule has 0 radical (unpaired) electrons. The fourth-order valence-electron chi connectivity index (χ4n) is 1.72. The summed E-state index contributed by atoms with van der Waals surface area (Å²) in [6.45, 7) is 1.10. The highest BCUT2D eigenvalue weighted by atomic mass is 16.5. The number of hydrogen-bond donors (Lipinski definition) is 2. The van der Waals surface area contributed by atoms with Crippen LogP contribution in [0.4, 0.5) is 5.69 Å². The predicted molar refractivity (Wildman–Crippen MR) is 64.9 cm³/mol. The molecule has 96 valence electrons. The van der Waals surface area contributed by atoms with Crippen LogP contribution in [0.2, 0.25) is 0 Å². The average molecular weight is 249 g/mol. The molecule has 0 unspecified atom stereocenters. The van der Waals surface area contributed by atoms with Gasteiger partial charge in [-0.05, 0) is 25.0 Å². The largest absolute Gasteiger partial charge is 0.376 e. The molecule has 1 aromatic rings. The van der Waals surface area contributed by atoms with E-state index in [4.69, 9.17) is 4.74 Å². The number of ether oxygens (including phenoxy) is 1. The van der Waals surface area contributed by atoms with Gasteiger partial charge in [0.2, 0.25) is 0 Å². The summed E-state index contributed by atoms with van der Waals surface area (Å²) in [5.74, 6) is -1.33. The molecule has 1 aliphatic rings. The Labute approximate surface area is 105 Å². The number of nitrogens with one attached hydrogen (secondary N) is 2. The Balaban J connectivity index is 1.76. The lowest BCUT2D eigenvalue weighted by molar-refractivity contribution is -0.136. The zero-order chi connectivity index (χ0) is 12.8. The smallest absolute Gasteiger partial charge is 0.313 e. The second-order valence-corrected chi connectivity index (χ2v) is 4.04. The molecule has 0 aliphatic carbocycles. The van der Waals surface area contributed by atoms with Gasteiger partial charge in [-0.1, -0.05) is 0 Å². The normalized spacial score (nSPS) is 18.3. The molecule has 0 spiro atoms. The zero-order valence-electron chi connectivity index (χ0n) is 9.89. The maximum absolute atomic E-state index is 11.5. The number of carbonyl (C=O) groups excluding carboxylic acids is 2. The van der Waals surface area contributed by atoms with Gasteiger partial charge < -0.3 is 15.4 Å². The second-order valence-electron chi connectivity index (χ2n) is 4.04. The number of aromatic nitrogens is 1. The van der Waals surface area contributed by atoms with Crippen LogP contribution in [0.5, 0.6) is 0 Å². The minimum absolute atomic E-state index is 0.0303. The van der Waals surface area contributed by atoms with Crippen molar-refractivity contribution in [2.24, 2.45) is 0 Å². The summed E-state index contributed by atoms with van der Waals surface area (Å²) in [4.78, 5) is 26.9. The molecule has 1 aromatic heterocycles. The first-order chi connectivity index (χ1) is 8.75. The van der Waals surface area contributed by atoms with E-state index in [-0.39, 0.29) is 6.10 Å². The number of nitrogens with zero attached hydrogens (tertiary/aromatic N) is 1. The first-order valence-corrected chi connectivity index (χ1v) is 5.86. The molecule has 18 heavy (non-hydrogen) atoms. The van der Waals surface area contributed by atoms with E-state index >= 15 is 0 Å². The Morgan fingerprint density at radius 3 is 2.78 bits per heavy atom. The fourth-order valence-corrected chi connectivity index (χ4v) is 1.72. The van der Waals surface area contributed by atoms with Crippen LogP contribution in [0.3, 0.4) is 0 Å². The van der Waals surface area contributed by atoms with Crippen molar-refractivity contribution < 1.29 is 14.3 Å². The van der Waals surface area contributed by atoms with Crippen molar-refractivity contribution in [3.63, 3.8) is 0 Å². The standard InChI is InChI=1S/C12H15N3O3/c16-11(14-8-10-2-1-7-18-10)12(17)15-9-3-5-13-6-4-9/h3-6,10H,1-2,7-8H2,(H,14,16)(H,13,15,17)/t10-/m1/s1. The number of anilines is 1. The highest BCUT2D eigenvalue weighted by Gasteiger charge is 2.19. The van der Waals surface area contributed by atoms with Gasteiger partial charge in [0.25, 0.3) is 0 Å². The topological polar surface area (TPSA) is 80.3 Å². The van der Waals surface area contributed by atoms with E-state index in [9.17, 15) is 9.59 Å². The Morgan fingerprint density at radius 2 is 2.11 bits per heavy atom. The van der Waals surface area contributed by atoms with Crippen molar-refractivity contribution in [1.82, 2.24) is 10.3 Å². The monoisotopic (exact) mass is 249 g/mol. The van der Waals surface area contributed by atoms with E-state index in [1.54, 1.807) is 24.5 Å². The number of hydrogen-bond acceptors (Lipinski definition) is 4. The van der Waals surface area contributed by atoms with Crippen LogP contribution < -0.4 is 10.6 Å². The molecule has 0 saturated carbocycles. The van der Waals surface area contributed by atoms with Crippen molar-refractivity contribution in [2.45, 2.75) is 18.9 Å². The third-order valence-corrected chi connectivity index (χ3v) is 2.66. The Bertz CT molecular complexity index is 416. The van der Waals surface area contributed by atoms with Gasteiger partial charge in [-0.2, -0.15) is 0 Å². The van der Waals surface area contributed by atoms with Crippen molar-refractivity contribution in [3.8, 4) is 0 Å². The van der Waals surface area contributed by atoms with E-state index in [0.717, 1.165) is 19.4 Å². The van der Waals surface area contributed by atoms with Crippen molar-refractivity contribution in [1.29, 1.82) is 0 Å².